The molecule has 144 valence electrons. The molecule has 0 heterocycles. The third kappa shape index (κ3) is 6.77. The summed E-state index contributed by atoms with van der Waals surface area (Å²) in [5, 5.41) is 2.78. The van der Waals surface area contributed by atoms with Crippen molar-refractivity contribution in [2.24, 2.45) is 5.92 Å². The summed E-state index contributed by atoms with van der Waals surface area (Å²) in [5.41, 5.74) is 1.93. The summed E-state index contributed by atoms with van der Waals surface area (Å²) >= 11 is 0. The number of nitrogens with one attached hydrogen (secondary N) is 1. The Kier molecular flexibility index (Phi) is 7.86. The smallest absolute Gasteiger partial charge is 0.329 e. The molecular formula is C22H27NO4. The number of rotatable bonds is 9. The van der Waals surface area contributed by atoms with Crippen LogP contribution in [0, 0.1) is 12.8 Å². The number of carbonyl (C=O) groups is 2. The fourth-order valence-electron chi connectivity index (χ4n) is 2.61. The van der Waals surface area contributed by atoms with Crippen molar-refractivity contribution >= 4 is 11.9 Å². The van der Waals surface area contributed by atoms with Crippen molar-refractivity contribution in [2.45, 2.75) is 33.2 Å². The highest BCUT2D eigenvalue weighted by molar-refractivity contribution is 5.85. The van der Waals surface area contributed by atoms with Gasteiger partial charge in [-0.05, 0) is 30.0 Å². The molecule has 0 aromatic heterocycles. The monoisotopic (exact) mass is 369 g/mol. The SMILES string of the molecule is Cc1ccccc1OCCOC(=O)[C@H](NC(=O)Cc1ccccc1)C(C)C. The first-order valence-electron chi connectivity index (χ1n) is 9.15. The van der Waals surface area contributed by atoms with E-state index in [1.165, 1.54) is 0 Å². The molecule has 0 radical (unpaired) electrons. The van der Waals surface area contributed by atoms with Crippen molar-refractivity contribution in [1.82, 2.24) is 5.32 Å². The van der Waals surface area contributed by atoms with Crippen molar-refractivity contribution in [1.29, 1.82) is 0 Å². The predicted octanol–water partition coefficient (Wildman–Crippen LogP) is 3.30. The second-order valence-corrected chi connectivity index (χ2v) is 6.73. The Hall–Kier alpha value is -2.82. The molecule has 2 aromatic carbocycles. The van der Waals surface area contributed by atoms with Crippen molar-refractivity contribution in [3.05, 3.63) is 65.7 Å². The van der Waals surface area contributed by atoms with Gasteiger partial charge in [-0.1, -0.05) is 62.4 Å². The van der Waals surface area contributed by atoms with Crippen LogP contribution in [-0.4, -0.2) is 31.1 Å². The van der Waals surface area contributed by atoms with Crippen LogP contribution in [0.15, 0.2) is 54.6 Å². The number of esters is 1. The zero-order valence-corrected chi connectivity index (χ0v) is 16.1. The van der Waals surface area contributed by atoms with Crippen LogP contribution in [0.5, 0.6) is 5.75 Å². The summed E-state index contributed by atoms with van der Waals surface area (Å²) in [6.45, 7) is 6.10. The number of carbonyl (C=O) groups excluding carboxylic acids is 2. The van der Waals surface area contributed by atoms with Crippen LogP contribution in [0.1, 0.15) is 25.0 Å². The Labute approximate surface area is 160 Å². The molecule has 0 aliphatic rings. The second-order valence-electron chi connectivity index (χ2n) is 6.73. The molecule has 0 aliphatic carbocycles. The number of para-hydroxylation sites is 1. The van der Waals surface area contributed by atoms with Crippen molar-refractivity contribution in [3.8, 4) is 5.75 Å². The molecule has 0 bridgehead atoms. The third-order valence-corrected chi connectivity index (χ3v) is 4.12. The number of amides is 1. The fraction of sp³-hybridized carbons (Fsp3) is 0.364. The maximum atomic E-state index is 12.4. The predicted molar refractivity (Wildman–Crippen MR) is 105 cm³/mol. The van der Waals surface area contributed by atoms with E-state index in [0.717, 1.165) is 16.9 Å². The summed E-state index contributed by atoms with van der Waals surface area (Å²) in [6.07, 6.45) is 0.230. The number of hydrogen-bond acceptors (Lipinski definition) is 4. The average Bonchev–Trinajstić information content (AvgIpc) is 2.65. The van der Waals surface area contributed by atoms with Crippen LogP contribution in [0.3, 0.4) is 0 Å². The average molecular weight is 369 g/mol. The highest BCUT2D eigenvalue weighted by atomic mass is 16.6. The van der Waals surface area contributed by atoms with Gasteiger partial charge in [-0.15, -0.1) is 0 Å². The topological polar surface area (TPSA) is 64.6 Å². The maximum Gasteiger partial charge on any atom is 0.329 e. The Morgan fingerprint density at radius 1 is 0.963 bits per heavy atom. The van der Waals surface area contributed by atoms with Gasteiger partial charge in [0.15, 0.2) is 0 Å². The minimum atomic E-state index is -0.681. The van der Waals surface area contributed by atoms with E-state index in [2.05, 4.69) is 5.32 Å². The molecule has 5 nitrogen and oxygen atoms in total. The quantitative estimate of drug-likeness (QED) is 0.544. The molecule has 1 N–H and O–H groups in total. The standard InChI is InChI=1S/C22H27NO4/c1-16(2)21(23-20(24)15-18-10-5-4-6-11-18)22(25)27-14-13-26-19-12-8-7-9-17(19)3/h4-12,16,21H,13-15H2,1-3H3,(H,23,24)/t21-/m1/s1. The molecular weight excluding hydrogens is 342 g/mol. The van der Waals surface area contributed by atoms with E-state index >= 15 is 0 Å². The highest BCUT2D eigenvalue weighted by Crippen LogP contribution is 2.15. The Bertz CT molecular complexity index is 743. The normalized spacial score (nSPS) is 11.7. The van der Waals surface area contributed by atoms with Gasteiger partial charge in [0, 0.05) is 0 Å². The largest absolute Gasteiger partial charge is 0.490 e. The van der Waals surface area contributed by atoms with Gasteiger partial charge in [-0.3, -0.25) is 4.79 Å². The van der Waals surface area contributed by atoms with Crippen LogP contribution >= 0.6 is 0 Å². The molecule has 0 unspecified atom stereocenters. The van der Waals surface area contributed by atoms with Crippen molar-refractivity contribution in [3.63, 3.8) is 0 Å². The zero-order chi connectivity index (χ0) is 19.6. The first kappa shape index (κ1) is 20.5. The minimum Gasteiger partial charge on any atom is -0.490 e. The number of benzene rings is 2. The van der Waals surface area contributed by atoms with Gasteiger partial charge >= 0.3 is 5.97 Å². The Morgan fingerprint density at radius 2 is 1.63 bits per heavy atom. The van der Waals surface area contributed by atoms with Crippen LogP contribution in [0.2, 0.25) is 0 Å². The lowest BCUT2D eigenvalue weighted by atomic mass is 10.0. The minimum absolute atomic E-state index is 0.0745. The molecule has 0 aliphatic heterocycles. The Balaban J connectivity index is 1.80. The van der Waals surface area contributed by atoms with E-state index in [1.807, 2.05) is 75.4 Å². The van der Waals surface area contributed by atoms with Crippen LogP contribution in [-0.2, 0) is 20.7 Å². The molecule has 5 heteroatoms. The highest BCUT2D eigenvalue weighted by Gasteiger charge is 2.25. The van der Waals surface area contributed by atoms with E-state index in [-0.39, 0.29) is 31.5 Å². The summed E-state index contributed by atoms with van der Waals surface area (Å²) < 4.78 is 10.9. The van der Waals surface area contributed by atoms with Crippen molar-refractivity contribution in [2.75, 3.05) is 13.2 Å². The molecule has 0 saturated carbocycles. The third-order valence-electron chi connectivity index (χ3n) is 4.12. The van der Waals surface area contributed by atoms with E-state index < -0.39 is 12.0 Å². The molecule has 0 saturated heterocycles. The second kappa shape index (κ2) is 10.4. The van der Waals surface area contributed by atoms with Gasteiger partial charge < -0.3 is 14.8 Å². The van der Waals surface area contributed by atoms with Crippen LogP contribution in [0.4, 0.5) is 0 Å². The van der Waals surface area contributed by atoms with Gasteiger partial charge in [0.25, 0.3) is 0 Å². The molecule has 1 atom stereocenters. The molecule has 0 spiro atoms. The van der Waals surface area contributed by atoms with Gasteiger partial charge in [0.05, 0.1) is 6.42 Å². The number of hydrogen-bond donors (Lipinski definition) is 1. The van der Waals surface area contributed by atoms with E-state index in [9.17, 15) is 9.59 Å². The van der Waals surface area contributed by atoms with E-state index in [4.69, 9.17) is 9.47 Å². The first-order valence-corrected chi connectivity index (χ1v) is 9.15. The van der Waals surface area contributed by atoms with Gasteiger partial charge in [-0.25, -0.2) is 4.79 Å². The lowest BCUT2D eigenvalue weighted by molar-refractivity contribution is -0.149. The Morgan fingerprint density at radius 3 is 2.30 bits per heavy atom. The molecule has 2 rings (SSSR count). The van der Waals surface area contributed by atoms with Gasteiger partial charge in [0.2, 0.25) is 5.91 Å². The summed E-state index contributed by atoms with van der Waals surface area (Å²) in [7, 11) is 0. The number of aryl methyl sites for hydroxylation is 1. The molecule has 0 fully saturated rings. The first-order chi connectivity index (χ1) is 13.0. The summed E-state index contributed by atoms with van der Waals surface area (Å²) in [5.74, 6) is 0.0486. The molecule has 2 aromatic rings. The molecule has 27 heavy (non-hydrogen) atoms. The maximum absolute atomic E-state index is 12.4. The van der Waals surface area contributed by atoms with Gasteiger partial charge in [0.1, 0.15) is 25.0 Å². The lowest BCUT2D eigenvalue weighted by Crippen LogP contribution is -2.46. The van der Waals surface area contributed by atoms with Crippen LogP contribution < -0.4 is 10.1 Å². The number of ether oxygens (including phenoxy) is 2. The lowest BCUT2D eigenvalue weighted by Gasteiger charge is -2.21. The summed E-state index contributed by atoms with van der Waals surface area (Å²) in [6, 6.07) is 16.4. The summed E-state index contributed by atoms with van der Waals surface area (Å²) in [4.78, 5) is 24.6. The fourth-order valence-corrected chi connectivity index (χ4v) is 2.61. The zero-order valence-electron chi connectivity index (χ0n) is 16.1. The van der Waals surface area contributed by atoms with Gasteiger partial charge in [-0.2, -0.15) is 0 Å². The van der Waals surface area contributed by atoms with E-state index in [1.54, 1.807) is 0 Å². The van der Waals surface area contributed by atoms with E-state index in [0.29, 0.717) is 0 Å². The molecule has 1 amide bonds. The van der Waals surface area contributed by atoms with Crippen molar-refractivity contribution < 1.29 is 19.1 Å². The van der Waals surface area contributed by atoms with Crippen LogP contribution in [0.25, 0.3) is 0 Å².